The van der Waals surface area contributed by atoms with E-state index < -0.39 is 10.0 Å². The first-order valence-corrected chi connectivity index (χ1v) is 11.3. The van der Waals surface area contributed by atoms with Crippen LogP contribution < -0.4 is 9.62 Å². The van der Waals surface area contributed by atoms with Gasteiger partial charge in [0.2, 0.25) is 10.0 Å². The summed E-state index contributed by atoms with van der Waals surface area (Å²) in [5, 5.41) is 4.85. The summed E-state index contributed by atoms with van der Waals surface area (Å²) in [5.41, 5.74) is 2.45. The van der Waals surface area contributed by atoms with Crippen molar-refractivity contribution in [1.29, 1.82) is 0 Å². The molecule has 154 valence electrons. The molecule has 0 spiro atoms. The lowest BCUT2D eigenvalue weighted by Crippen LogP contribution is -2.27. The zero-order chi connectivity index (χ0) is 21.3. The minimum atomic E-state index is -3.42. The molecule has 3 aromatic heterocycles. The van der Waals surface area contributed by atoms with E-state index in [0.29, 0.717) is 29.0 Å². The van der Waals surface area contributed by atoms with Crippen LogP contribution in [0.5, 0.6) is 0 Å². The molecule has 4 rings (SSSR count). The lowest BCUT2D eigenvalue weighted by Gasteiger charge is -2.19. The van der Waals surface area contributed by atoms with Crippen molar-refractivity contribution >= 4 is 44.2 Å². The number of aromatic amines is 1. The summed E-state index contributed by atoms with van der Waals surface area (Å²) in [5.74, 6) is 1.51. The molecule has 8 nitrogen and oxygen atoms in total. The fourth-order valence-corrected chi connectivity index (χ4v) is 3.66. The zero-order valence-corrected chi connectivity index (χ0v) is 17.9. The number of nitrogens with zero attached hydrogens (tertiary/aromatic N) is 4. The number of aromatic nitrogens is 4. The average Bonchev–Trinajstić information content (AvgIpc) is 3.15. The second kappa shape index (κ2) is 7.92. The number of hydrogen-bond acceptors (Lipinski definition) is 6. The highest BCUT2D eigenvalue weighted by atomic mass is 35.5. The topological polar surface area (TPSA) is 104 Å². The molecule has 0 bridgehead atoms. The van der Waals surface area contributed by atoms with Gasteiger partial charge in [-0.25, -0.2) is 23.4 Å². The highest BCUT2D eigenvalue weighted by molar-refractivity contribution is 7.92. The molecule has 0 radical (unpaired) electrons. The van der Waals surface area contributed by atoms with Gasteiger partial charge in [-0.1, -0.05) is 17.7 Å². The molecule has 0 saturated carbocycles. The quantitative estimate of drug-likeness (QED) is 0.472. The van der Waals surface area contributed by atoms with Crippen molar-refractivity contribution in [3.8, 4) is 11.5 Å². The fourth-order valence-electron chi connectivity index (χ4n) is 3.01. The Balaban J connectivity index is 1.57. The maximum absolute atomic E-state index is 11.9. The van der Waals surface area contributed by atoms with E-state index in [0.717, 1.165) is 32.7 Å². The fraction of sp³-hybridized carbons (Fsp3) is 0.150. The Kier molecular flexibility index (Phi) is 5.31. The Morgan fingerprint density at radius 1 is 1.13 bits per heavy atom. The van der Waals surface area contributed by atoms with Gasteiger partial charge in [-0.05, 0) is 36.4 Å². The number of benzene rings is 1. The van der Waals surface area contributed by atoms with Crippen molar-refractivity contribution in [2.75, 3.05) is 22.9 Å². The average molecular weight is 443 g/mol. The smallest absolute Gasteiger partial charge is 0.233 e. The molecule has 0 atom stereocenters. The number of pyridine rings is 1. The molecule has 0 unspecified atom stereocenters. The monoisotopic (exact) mass is 442 g/mol. The van der Waals surface area contributed by atoms with Gasteiger partial charge < -0.3 is 10.3 Å². The van der Waals surface area contributed by atoms with Crippen LogP contribution in [-0.2, 0) is 16.6 Å². The van der Waals surface area contributed by atoms with Crippen LogP contribution in [0.25, 0.3) is 22.4 Å². The number of hydrogen-bond donors (Lipinski definition) is 2. The van der Waals surface area contributed by atoms with Crippen LogP contribution >= 0.6 is 11.6 Å². The molecule has 2 N–H and O–H groups in total. The summed E-state index contributed by atoms with van der Waals surface area (Å²) in [6, 6.07) is 12.9. The number of rotatable bonds is 6. The van der Waals surface area contributed by atoms with Crippen molar-refractivity contribution in [2.45, 2.75) is 6.54 Å². The molecular weight excluding hydrogens is 424 g/mol. The number of anilines is 2. The van der Waals surface area contributed by atoms with Crippen LogP contribution in [0, 0.1) is 0 Å². The molecular formula is C20H19ClN6O2S. The van der Waals surface area contributed by atoms with E-state index in [1.54, 1.807) is 24.5 Å². The zero-order valence-electron chi connectivity index (χ0n) is 16.3. The van der Waals surface area contributed by atoms with Gasteiger partial charge in [-0.2, -0.15) is 0 Å². The number of halogens is 1. The summed E-state index contributed by atoms with van der Waals surface area (Å²) in [6.07, 6.45) is 4.37. The second-order valence-electron chi connectivity index (χ2n) is 6.75. The molecule has 3 heterocycles. The third kappa shape index (κ3) is 4.22. The standard InChI is InChI=1S/C20H19ClN6O2S/c1-27(30(2,28)29)20-13(4-3-8-23-20)12-24-18-7-9-22-19(26-18)17-11-14-10-15(21)5-6-16(14)25-17/h3-11,25H,12H2,1-2H3,(H,22,24,26). The molecule has 0 amide bonds. The molecule has 0 aliphatic heterocycles. The van der Waals surface area contributed by atoms with Crippen molar-refractivity contribution < 1.29 is 8.42 Å². The summed E-state index contributed by atoms with van der Waals surface area (Å²) >= 11 is 6.06. The Morgan fingerprint density at radius 3 is 2.77 bits per heavy atom. The highest BCUT2D eigenvalue weighted by Crippen LogP contribution is 2.25. The predicted octanol–water partition coefficient (Wildman–Crippen LogP) is 3.68. The second-order valence-corrected chi connectivity index (χ2v) is 9.20. The van der Waals surface area contributed by atoms with E-state index in [-0.39, 0.29) is 0 Å². The molecule has 0 fully saturated rings. The van der Waals surface area contributed by atoms with Crippen LogP contribution in [0.1, 0.15) is 5.56 Å². The molecule has 0 aliphatic rings. The summed E-state index contributed by atoms with van der Waals surface area (Å²) in [7, 11) is -1.94. The molecule has 10 heteroatoms. The van der Waals surface area contributed by atoms with Gasteiger partial charge in [0.05, 0.1) is 11.9 Å². The largest absolute Gasteiger partial charge is 0.366 e. The van der Waals surface area contributed by atoms with Crippen molar-refractivity contribution in [3.63, 3.8) is 0 Å². The Labute approximate surface area is 179 Å². The summed E-state index contributed by atoms with van der Waals surface area (Å²) in [4.78, 5) is 16.4. The van der Waals surface area contributed by atoms with Crippen molar-refractivity contribution in [1.82, 2.24) is 19.9 Å². The lowest BCUT2D eigenvalue weighted by atomic mass is 10.2. The van der Waals surface area contributed by atoms with Crippen molar-refractivity contribution in [3.05, 3.63) is 65.4 Å². The van der Waals surface area contributed by atoms with Crippen LogP contribution in [-0.4, -0.2) is 41.7 Å². The normalized spacial score (nSPS) is 11.6. The minimum Gasteiger partial charge on any atom is -0.366 e. The van der Waals surface area contributed by atoms with Gasteiger partial charge in [0.1, 0.15) is 11.6 Å². The Morgan fingerprint density at radius 2 is 1.97 bits per heavy atom. The van der Waals surface area contributed by atoms with E-state index in [2.05, 4.69) is 25.3 Å². The Bertz CT molecular complexity index is 1320. The third-order valence-electron chi connectivity index (χ3n) is 4.60. The summed E-state index contributed by atoms with van der Waals surface area (Å²) < 4.78 is 24.9. The third-order valence-corrected chi connectivity index (χ3v) is 6.01. The minimum absolute atomic E-state index is 0.349. The number of sulfonamides is 1. The lowest BCUT2D eigenvalue weighted by molar-refractivity contribution is 0.599. The first kappa shape index (κ1) is 20.1. The van der Waals surface area contributed by atoms with Crippen LogP contribution in [0.3, 0.4) is 0 Å². The Hall–Kier alpha value is -3.17. The van der Waals surface area contributed by atoms with Crippen LogP contribution in [0.2, 0.25) is 5.02 Å². The maximum atomic E-state index is 11.9. The van der Waals surface area contributed by atoms with E-state index in [4.69, 9.17) is 11.6 Å². The summed E-state index contributed by atoms with van der Waals surface area (Å²) in [6.45, 7) is 0.349. The van der Waals surface area contributed by atoms with Gasteiger partial charge in [0.15, 0.2) is 5.82 Å². The van der Waals surface area contributed by atoms with Gasteiger partial charge in [0, 0.05) is 47.5 Å². The van der Waals surface area contributed by atoms with Gasteiger partial charge in [-0.15, -0.1) is 0 Å². The van der Waals surface area contributed by atoms with E-state index in [1.165, 1.54) is 7.05 Å². The first-order valence-electron chi connectivity index (χ1n) is 9.04. The molecule has 30 heavy (non-hydrogen) atoms. The molecule has 4 aromatic rings. The van der Waals surface area contributed by atoms with E-state index in [9.17, 15) is 8.42 Å². The van der Waals surface area contributed by atoms with Gasteiger partial charge >= 0.3 is 0 Å². The number of H-pyrrole nitrogens is 1. The molecule has 0 aliphatic carbocycles. The van der Waals surface area contributed by atoms with E-state index in [1.807, 2.05) is 30.3 Å². The van der Waals surface area contributed by atoms with E-state index >= 15 is 0 Å². The number of fused-ring (bicyclic) bond motifs is 1. The van der Waals surface area contributed by atoms with Crippen LogP contribution in [0.4, 0.5) is 11.6 Å². The van der Waals surface area contributed by atoms with Gasteiger partial charge in [0.25, 0.3) is 0 Å². The van der Waals surface area contributed by atoms with Gasteiger partial charge in [-0.3, -0.25) is 4.31 Å². The van der Waals surface area contributed by atoms with Crippen LogP contribution in [0.15, 0.2) is 54.9 Å². The first-order chi connectivity index (χ1) is 14.3. The molecule has 1 aromatic carbocycles. The van der Waals surface area contributed by atoms with Crippen molar-refractivity contribution in [2.24, 2.45) is 0 Å². The predicted molar refractivity (Wildman–Crippen MR) is 119 cm³/mol. The SMILES string of the molecule is CN(c1ncccc1CNc1ccnc(-c2cc3cc(Cl)ccc3[nH]2)n1)S(C)(=O)=O. The highest BCUT2D eigenvalue weighted by Gasteiger charge is 2.17. The maximum Gasteiger partial charge on any atom is 0.233 e. The molecule has 0 saturated heterocycles. The number of nitrogens with one attached hydrogen (secondary N) is 2.